The van der Waals surface area contributed by atoms with E-state index in [1.807, 2.05) is 4.90 Å². The number of aromatic nitrogens is 2. The summed E-state index contributed by atoms with van der Waals surface area (Å²) in [4.78, 5) is 30.5. The van der Waals surface area contributed by atoms with Gasteiger partial charge in [0.05, 0.1) is 0 Å². The maximum absolute atomic E-state index is 13.7. The molecule has 7 heteroatoms. The lowest BCUT2D eigenvalue weighted by Crippen LogP contribution is -2.40. The van der Waals surface area contributed by atoms with Gasteiger partial charge in [-0.2, -0.15) is 0 Å². The van der Waals surface area contributed by atoms with Crippen LogP contribution in [-0.2, 0) is 18.3 Å². The number of hydrogen-bond donors (Lipinski definition) is 0. The van der Waals surface area contributed by atoms with E-state index in [0.29, 0.717) is 31.7 Å². The number of nitrogens with zero attached hydrogens (tertiary/aromatic N) is 3. The second kappa shape index (κ2) is 7.13. The lowest BCUT2D eigenvalue weighted by atomic mass is 9.89. The molecule has 0 amide bonds. The average molecular weight is 347 g/mol. The minimum atomic E-state index is -0.692. The van der Waals surface area contributed by atoms with E-state index >= 15 is 0 Å². The Hall–Kier alpha value is -2.57. The highest BCUT2D eigenvalue weighted by atomic mass is 19.1. The van der Waals surface area contributed by atoms with Gasteiger partial charge in [0.1, 0.15) is 17.4 Å². The zero-order valence-corrected chi connectivity index (χ0v) is 13.9. The highest BCUT2D eigenvalue weighted by Crippen LogP contribution is 2.23. The number of hydrogen-bond acceptors (Lipinski definition) is 4. The summed E-state index contributed by atoms with van der Waals surface area (Å²) in [6, 6.07) is 3.60. The van der Waals surface area contributed by atoms with E-state index in [-0.39, 0.29) is 29.2 Å². The molecule has 3 rings (SSSR count). The van der Waals surface area contributed by atoms with Gasteiger partial charge in [-0.05, 0) is 25.0 Å². The minimum absolute atomic E-state index is 0.169. The van der Waals surface area contributed by atoms with Gasteiger partial charge in [0.25, 0.3) is 5.56 Å². The van der Waals surface area contributed by atoms with Crippen LogP contribution in [0.4, 0.5) is 14.6 Å². The Labute approximate surface area is 143 Å². The van der Waals surface area contributed by atoms with Gasteiger partial charge in [0, 0.05) is 50.4 Å². The SMILES string of the molecule is Cn1ccnc(N2CCC(C(=O)Cc3c(F)cccc3F)CC2)c1=O. The molecule has 0 unspecified atom stereocenters. The molecule has 25 heavy (non-hydrogen) atoms. The number of aryl methyl sites for hydroxylation is 1. The molecule has 0 aliphatic carbocycles. The van der Waals surface area contributed by atoms with Crippen molar-refractivity contribution in [1.29, 1.82) is 0 Å². The summed E-state index contributed by atoms with van der Waals surface area (Å²) in [5.74, 6) is -1.44. The van der Waals surface area contributed by atoms with E-state index in [1.54, 1.807) is 19.4 Å². The van der Waals surface area contributed by atoms with Crippen LogP contribution in [-0.4, -0.2) is 28.4 Å². The standard InChI is InChI=1S/C18H19F2N3O2/c1-22-10-7-21-17(18(22)25)23-8-5-12(6-9-23)16(24)11-13-14(19)3-2-4-15(13)20/h2-4,7,10,12H,5-6,8-9,11H2,1H3. The lowest BCUT2D eigenvalue weighted by molar-refractivity contribution is -0.122. The number of ketones is 1. The zero-order chi connectivity index (χ0) is 18.0. The largest absolute Gasteiger partial charge is 0.352 e. The fourth-order valence-electron chi connectivity index (χ4n) is 3.13. The number of benzene rings is 1. The molecule has 5 nitrogen and oxygen atoms in total. The molecular formula is C18H19F2N3O2. The molecule has 2 heterocycles. The van der Waals surface area contributed by atoms with E-state index in [2.05, 4.69) is 4.98 Å². The first kappa shape index (κ1) is 17.3. The summed E-state index contributed by atoms with van der Waals surface area (Å²) in [6.45, 7) is 1.03. The first-order valence-electron chi connectivity index (χ1n) is 8.19. The summed E-state index contributed by atoms with van der Waals surface area (Å²) in [5.41, 5.74) is -0.353. The van der Waals surface area contributed by atoms with Gasteiger partial charge in [0.2, 0.25) is 0 Å². The van der Waals surface area contributed by atoms with Crippen molar-refractivity contribution in [3.05, 3.63) is 58.1 Å². The molecule has 0 atom stereocenters. The van der Waals surface area contributed by atoms with Crippen LogP contribution in [0.2, 0.25) is 0 Å². The second-order valence-electron chi connectivity index (χ2n) is 6.27. The third-order valence-corrected chi connectivity index (χ3v) is 4.66. The summed E-state index contributed by atoms with van der Waals surface area (Å²) in [5, 5.41) is 0. The molecule has 1 fully saturated rings. The smallest absolute Gasteiger partial charge is 0.293 e. The van der Waals surface area contributed by atoms with Gasteiger partial charge in [-0.1, -0.05) is 6.07 Å². The predicted octanol–water partition coefficient (Wildman–Crippen LogP) is 2.09. The van der Waals surface area contributed by atoms with Gasteiger partial charge in [-0.25, -0.2) is 13.8 Å². The van der Waals surface area contributed by atoms with Crippen molar-refractivity contribution in [3.63, 3.8) is 0 Å². The van der Waals surface area contributed by atoms with E-state index in [4.69, 9.17) is 0 Å². The van der Waals surface area contributed by atoms with Crippen molar-refractivity contribution in [2.75, 3.05) is 18.0 Å². The molecule has 2 aromatic rings. The lowest BCUT2D eigenvalue weighted by Gasteiger charge is -2.31. The maximum Gasteiger partial charge on any atom is 0.293 e. The molecule has 0 N–H and O–H groups in total. The van der Waals surface area contributed by atoms with Crippen molar-refractivity contribution in [3.8, 4) is 0 Å². The van der Waals surface area contributed by atoms with Gasteiger partial charge in [-0.15, -0.1) is 0 Å². The van der Waals surface area contributed by atoms with Crippen LogP contribution in [0, 0.1) is 17.6 Å². The Kier molecular flexibility index (Phi) is 4.92. The number of rotatable bonds is 4. The van der Waals surface area contributed by atoms with Crippen LogP contribution < -0.4 is 10.5 Å². The monoisotopic (exact) mass is 347 g/mol. The fourth-order valence-corrected chi connectivity index (χ4v) is 3.13. The van der Waals surface area contributed by atoms with Crippen LogP contribution in [0.5, 0.6) is 0 Å². The first-order chi connectivity index (χ1) is 12.0. The Morgan fingerprint density at radius 3 is 2.52 bits per heavy atom. The van der Waals surface area contributed by atoms with Crippen molar-refractivity contribution in [2.24, 2.45) is 13.0 Å². The molecule has 1 aliphatic rings. The predicted molar refractivity (Wildman–Crippen MR) is 89.5 cm³/mol. The van der Waals surface area contributed by atoms with Gasteiger partial charge in [0.15, 0.2) is 5.82 Å². The molecule has 132 valence electrons. The third-order valence-electron chi connectivity index (χ3n) is 4.66. The number of carbonyl (C=O) groups excluding carboxylic acids is 1. The number of Topliss-reactive ketones (excluding diaryl/α,β-unsaturated/α-hetero) is 1. The van der Waals surface area contributed by atoms with E-state index in [9.17, 15) is 18.4 Å². The second-order valence-corrected chi connectivity index (χ2v) is 6.27. The van der Waals surface area contributed by atoms with E-state index < -0.39 is 11.6 Å². The number of anilines is 1. The van der Waals surface area contributed by atoms with Crippen molar-refractivity contribution >= 4 is 11.6 Å². The van der Waals surface area contributed by atoms with Crippen molar-refractivity contribution in [1.82, 2.24) is 9.55 Å². The molecule has 1 aromatic carbocycles. The summed E-state index contributed by atoms with van der Waals surface area (Å²) < 4.78 is 28.9. The highest BCUT2D eigenvalue weighted by molar-refractivity contribution is 5.83. The topological polar surface area (TPSA) is 55.2 Å². The molecule has 0 radical (unpaired) electrons. The molecular weight excluding hydrogens is 328 g/mol. The van der Waals surface area contributed by atoms with Crippen LogP contribution >= 0.6 is 0 Å². The number of piperidine rings is 1. The normalized spacial score (nSPS) is 15.4. The van der Waals surface area contributed by atoms with Crippen LogP contribution in [0.3, 0.4) is 0 Å². The van der Waals surface area contributed by atoms with Gasteiger partial charge in [-0.3, -0.25) is 9.59 Å². The Balaban J connectivity index is 1.65. The summed E-state index contributed by atoms with van der Waals surface area (Å²) in [7, 11) is 1.66. The Morgan fingerprint density at radius 2 is 1.88 bits per heavy atom. The van der Waals surface area contributed by atoms with E-state index in [1.165, 1.54) is 10.6 Å². The summed E-state index contributed by atoms with van der Waals surface area (Å²) in [6.07, 6.45) is 3.98. The van der Waals surface area contributed by atoms with Crippen molar-refractivity contribution < 1.29 is 13.6 Å². The van der Waals surface area contributed by atoms with Gasteiger partial charge < -0.3 is 9.47 Å². The van der Waals surface area contributed by atoms with Gasteiger partial charge >= 0.3 is 0 Å². The quantitative estimate of drug-likeness (QED) is 0.850. The first-order valence-corrected chi connectivity index (χ1v) is 8.19. The third kappa shape index (κ3) is 3.60. The molecule has 1 saturated heterocycles. The average Bonchev–Trinajstić information content (AvgIpc) is 2.61. The molecule has 0 saturated carbocycles. The molecule has 1 aromatic heterocycles. The zero-order valence-electron chi connectivity index (χ0n) is 13.9. The van der Waals surface area contributed by atoms with Crippen LogP contribution in [0.15, 0.2) is 35.4 Å². The maximum atomic E-state index is 13.7. The number of carbonyl (C=O) groups is 1. The van der Waals surface area contributed by atoms with Crippen molar-refractivity contribution in [2.45, 2.75) is 19.3 Å². The fraction of sp³-hybridized carbons (Fsp3) is 0.389. The van der Waals surface area contributed by atoms with E-state index in [0.717, 1.165) is 12.1 Å². The Morgan fingerprint density at radius 1 is 1.24 bits per heavy atom. The Bertz CT molecular complexity index is 822. The molecule has 0 bridgehead atoms. The number of halogens is 2. The van der Waals surface area contributed by atoms with Crippen LogP contribution in [0.1, 0.15) is 18.4 Å². The summed E-state index contributed by atoms with van der Waals surface area (Å²) >= 11 is 0. The molecule has 0 spiro atoms. The highest BCUT2D eigenvalue weighted by Gasteiger charge is 2.27. The molecule has 1 aliphatic heterocycles. The van der Waals surface area contributed by atoms with Crippen LogP contribution in [0.25, 0.3) is 0 Å². The minimum Gasteiger partial charge on any atom is -0.352 e.